The highest BCUT2D eigenvalue weighted by Gasteiger charge is 2.25. The lowest BCUT2D eigenvalue weighted by molar-refractivity contribution is -0.130. The number of rotatable bonds is 3. The standard InChI is InChI=1S/C19H20N4O3S/c1-26-12-4-5-14-13(10-12)16-17(18(25)22-8-9-27-19(22)20-16)23(14)11-15(24)21-6-2-3-7-21/h4-5,10H,2-3,6-9,11H2,1H3. The van der Waals surface area contributed by atoms with Gasteiger partial charge in [-0.2, -0.15) is 0 Å². The van der Waals surface area contributed by atoms with E-state index in [1.165, 1.54) is 0 Å². The van der Waals surface area contributed by atoms with Gasteiger partial charge < -0.3 is 14.2 Å². The zero-order chi connectivity index (χ0) is 18.5. The lowest BCUT2D eigenvalue weighted by atomic mass is 10.2. The molecule has 1 amide bonds. The molecule has 1 saturated heterocycles. The number of carbonyl (C=O) groups is 1. The van der Waals surface area contributed by atoms with E-state index in [4.69, 9.17) is 9.72 Å². The fourth-order valence-corrected chi connectivity index (χ4v) is 4.99. The normalized spacial score (nSPS) is 16.4. The van der Waals surface area contributed by atoms with Crippen molar-refractivity contribution < 1.29 is 9.53 Å². The van der Waals surface area contributed by atoms with Crippen molar-refractivity contribution in [3.8, 4) is 5.75 Å². The predicted octanol–water partition coefficient (Wildman–Crippen LogP) is 2.09. The van der Waals surface area contributed by atoms with Crippen LogP contribution in [0.3, 0.4) is 0 Å². The number of ether oxygens (including phenoxy) is 1. The molecule has 2 aromatic heterocycles. The highest BCUT2D eigenvalue weighted by atomic mass is 32.2. The molecule has 0 radical (unpaired) electrons. The molecule has 0 aliphatic carbocycles. The van der Waals surface area contributed by atoms with E-state index in [0.717, 1.165) is 47.7 Å². The number of hydrogen-bond acceptors (Lipinski definition) is 5. The van der Waals surface area contributed by atoms with Crippen LogP contribution in [0.1, 0.15) is 12.8 Å². The Morgan fingerprint density at radius 1 is 1.26 bits per heavy atom. The Hall–Kier alpha value is -2.48. The Kier molecular flexibility index (Phi) is 3.89. The van der Waals surface area contributed by atoms with Crippen molar-refractivity contribution in [2.45, 2.75) is 31.1 Å². The minimum absolute atomic E-state index is 0.0568. The van der Waals surface area contributed by atoms with Gasteiger partial charge in [-0.25, -0.2) is 4.98 Å². The van der Waals surface area contributed by atoms with Crippen molar-refractivity contribution in [3.05, 3.63) is 28.6 Å². The molecule has 0 saturated carbocycles. The maximum Gasteiger partial charge on any atom is 0.278 e. The highest BCUT2D eigenvalue weighted by molar-refractivity contribution is 7.99. The van der Waals surface area contributed by atoms with Crippen molar-refractivity contribution >= 4 is 39.6 Å². The number of methoxy groups -OCH3 is 1. The van der Waals surface area contributed by atoms with E-state index in [2.05, 4.69) is 0 Å². The van der Waals surface area contributed by atoms with Gasteiger partial charge in [0, 0.05) is 30.8 Å². The largest absolute Gasteiger partial charge is 0.497 e. The van der Waals surface area contributed by atoms with Crippen molar-refractivity contribution in [1.82, 2.24) is 19.0 Å². The topological polar surface area (TPSA) is 69.4 Å². The van der Waals surface area contributed by atoms with Gasteiger partial charge in [0.25, 0.3) is 5.56 Å². The van der Waals surface area contributed by atoms with Gasteiger partial charge in [-0.15, -0.1) is 0 Å². The van der Waals surface area contributed by atoms with Crippen LogP contribution < -0.4 is 10.3 Å². The van der Waals surface area contributed by atoms with Crippen LogP contribution >= 0.6 is 11.8 Å². The molecule has 140 valence electrons. The first kappa shape index (κ1) is 16.7. The third-order valence-electron chi connectivity index (χ3n) is 5.43. The second-order valence-corrected chi connectivity index (χ2v) is 8.02. The molecule has 0 bridgehead atoms. The minimum Gasteiger partial charge on any atom is -0.497 e. The zero-order valence-corrected chi connectivity index (χ0v) is 15.9. The molecule has 7 nitrogen and oxygen atoms in total. The van der Waals surface area contributed by atoms with Crippen molar-refractivity contribution in [3.63, 3.8) is 0 Å². The molecule has 8 heteroatoms. The van der Waals surface area contributed by atoms with Crippen LogP contribution in [-0.4, -0.2) is 50.9 Å². The Bertz CT molecular complexity index is 1130. The number of thioether (sulfide) groups is 1. The van der Waals surface area contributed by atoms with Crippen LogP contribution in [0.15, 0.2) is 28.2 Å². The average Bonchev–Trinajstić information content (AvgIpc) is 3.41. The summed E-state index contributed by atoms with van der Waals surface area (Å²) in [5.74, 6) is 1.62. The lowest BCUT2D eigenvalue weighted by Crippen LogP contribution is -2.32. The first-order valence-electron chi connectivity index (χ1n) is 9.19. The molecule has 27 heavy (non-hydrogen) atoms. The summed E-state index contributed by atoms with van der Waals surface area (Å²) in [6, 6.07) is 5.67. The SMILES string of the molecule is COc1ccc2c(c1)c1nc3n(c(=O)c1n2CC(=O)N1CCCC1)CCS3. The molecule has 0 N–H and O–H groups in total. The number of hydrogen-bond donors (Lipinski definition) is 0. The van der Waals surface area contributed by atoms with E-state index in [1.54, 1.807) is 23.4 Å². The monoisotopic (exact) mass is 384 g/mol. The van der Waals surface area contributed by atoms with Gasteiger partial charge in [-0.05, 0) is 31.0 Å². The third-order valence-corrected chi connectivity index (χ3v) is 6.38. The Morgan fingerprint density at radius 3 is 2.85 bits per heavy atom. The summed E-state index contributed by atoms with van der Waals surface area (Å²) in [5, 5.41) is 1.60. The molecule has 0 spiro atoms. The smallest absolute Gasteiger partial charge is 0.278 e. The molecule has 2 aliphatic heterocycles. The fourth-order valence-electron chi connectivity index (χ4n) is 4.05. The molecule has 5 rings (SSSR count). The zero-order valence-electron chi connectivity index (χ0n) is 15.1. The van der Waals surface area contributed by atoms with Crippen LogP contribution in [0.4, 0.5) is 0 Å². The molecular weight excluding hydrogens is 364 g/mol. The van der Waals surface area contributed by atoms with E-state index in [0.29, 0.717) is 23.3 Å². The number of nitrogens with zero attached hydrogens (tertiary/aromatic N) is 4. The number of carbonyl (C=O) groups excluding carboxylic acids is 1. The first-order chi connectivity index (χ1) is 13.2. The van der Waals surface area contributed by atoms with E-state index in [1.807, 2.05) is 27.7 Å². The number of benzene rings is 1. The number of aromatic nitrogens is 3. The summed E-state index contributed by atoms with van der Waals surface area (Å²) in [5.41, 5.74) is 1.95. The second-order valence-electron chi connectivity index (χ2n) is 6.95. The van der Waals surface area contributed by atoms with Crippen molar-refractivity contribution in [2.24, 2.45) is 0 Å². The minimum atomic E-state index is -0.0654. The van der Waals surface area contributed by atoms with Crippen molar-refractivity contribution in [1.29, 1.82) is 0 Å². The van der Waals surface area contributed by atoms with E-state index in [9.17, 15) is 9.59 Å². The summed E-state index contributed by atoms with van der Waals surface area (Å²) in [4.78, 5) is 32.7. The molecule has 4 heterocycles. The molecule has 3 aromatic rings. The van der Waals surface area contributed by atoms with Gasteiger partial charge in [0.05, 0.1) is 12.6 Å². The molecular formula is C19H20N4O3S. The molecule has 0 atom stereocenters. The maximum absolute atomic E-state index is 13.2. The molecule has 1 fully saturated rings. The summed E-state index contributed by atoms with van der Waals surface area (Å²) in [7, 11) is 1.62. The second kappa shape index (κ2) is 6.30. The van der Waals surface area contributed by atoms with Gasteiger partial charge in [-0.3, -0.25) is 14.2 Å². The van der Waals surface area contributed by atoms with Crippen molar-refractivity contribution in [2.75, 3.05) is 26.0 Å². The van der Waals surface area contributed by atoms with Crippen LogP contribution in [0.25, 0.3) is 21.9 Å². The predicted molar refractivity (Wildman–Crippen MR) is 105 cm³/mol. The summed E-state index contributed by atoms with van der Waals surface area (Å²) >= 11 is 1.60. The third kappa shape index (κ3) is 2.54. The van der Waals surface area contributed by atoms with Crippen LogP contribution in [0, 0.1) is 0 Å². The molecule has 2 aliphatic rings. The van der Waals surface area contributed by atoms with Crippen LogP contribution in [0.5, 0.6) is 5.75 Å². The number of fused-ring (bicyclic) bond motifs is 4. The Labute approximate surface area is 159 Å². The lowest BCUT2D eigenvalue weighted by Gasteiger charge is -2.16. The van der Waals surface area contributed by atoms with Gasteiger partial charge in [0.15, 0.2) is 5.16 Å². The Balaban J connectivity index is 1.76. The Morgan fingerprint density at radius 2 is 2.07 bits per heavy atom. The molecule has 1 aromatic carbocycles. The van der Waals surface area contributed by atoms with Gasteiger partial charge in [0.1, 0.15) is 23.3 Å². The van der Waals surface area contributed by atoms with E-state index in [-0.39, 0.29) is 18.0 Å². The average molecular weight is 384 g/mol. The fraction of sp³-hybridized carbons (Fsp3) is 0.421. The summed E-state index contributed by atoms with van der Waals surface area (Å²) in [6.45, 7) is 2.42. The number of likely N-dealkylation sites (tertiary alicyclic amines) is 1. The summed E-state index contributed by atoms with van der Waals surface area (Å²) in [6.07, 6.45) is 2.09. The van der Waals surface area contributed by atoms with E-state index >= 15 is 0 Å². The first-order valence-corrected chi connectivity index (χ1v) is 10.2. The van der Waals surface area contributed by atoms with Gasteiger partial charge in [-0.1, -0.05) is 11.8 Å². The quantitative estimate of drug-likeness (QED) is 0.647. The van der Waals surface area contributed by atoms with Crippen LogP contribution in [0.2, 0.25) is 0 Å². The molecule has 0 unspecified atom stereocenters. The highest BCUT2D eigenvalue weighted by Crippen LogP contribution is 2.32. The number of amides is 1. The van der Waals surface area contributed by atoms with Gasteiger partial charge >= 0.3 is 0 Å². The summed E-state index contributed by atoms with van der Waals surface area (Å²) < 4.78 is 8.93. The van der Waals surface area contributed by atoms with Gasteiger partial charge in [0.2, 0.25) is 5.91 Å². The van der Waals surface area contributed by atoms with E-state index < -0.39 is 0 Å². The maximum atomic E-state index is 13.2. The van der Waals surface area contributed by atoms with Crippen LogP contribution in [-0.2, 0) is 17.9 Å².